The summed E-state index contributed by atoms with van der Waals surface area (Å²) in [5.41, 5.74) is 8.55. The Morgan fingerprint density at radius 2 is 2.23 bits per heavy atom. The van der Waals surface area contributed by atoms with E-state index in [0.717, 1.165) is 18.4 Å². The maximum atomic E-state index is 5.70. The summed E-state index contributed by atoms with van der Waals surface area (Å²) in [5.74, 6) is 1.48. The average Bonchev–Trinajstić information content (AvgIpc) is 2.03. The van der Waals surface area contributed by atoms with Crippen molar-refractivity contribution in [1.29, 1.82) is 0 Å². The van der Waals surface area contributed by atoms with Crippen LogP contribution in [0.2, 0.25) is 0 Å². The Morgan fingerprint density at radius 3 is 2.77 bits per heavy atom. The van der Waals surface area contributed by atoms with Crippen molar-refractivity contribution in [1.82, 2.24) is 0 Å². The van der Waals surface area contributed by atoms with E-state index in [1.165, 1.54) is 24.0 Å². The molecule has 1 saturated carbocycles. The van der Waals surface area contributed by atoms with Crippen molar-refractivity contribution in [3.63, 3.8) is 0 Å². The largest absolute Gasteiger partial charge is 0.330 e. The summed E-state index contributed by atoms with van der Waals surface area (Å²) < 4.78 is 0. The summed E-state index contributed by atoms with van der Waals surface area (Å²) in [6.07, 6.45) is 2.64. The van der Waals surface area contributed by atoms with E-state index >= 15 is 0 Å². The Morgan fingerprint density at radius 1 is 1.38 bits per heavy atom. The van der Waals surface area contributed by atoms with Gasteiger partial charge in [0.2, 0.25) is 0 Å². The summed E-state index contributed by atoms with van der Waals surface area (Å²) in [7, 11) is 0. The first kappa shape index (κ1) is 8.76. The van der Waals surface area contributed by atoms with Crippen LogP contribution in [-0.4, -0.2) is 6.54 Å². The fourth-order valence-corrected chi connectivity index (χ4v) is 2.19. The lowest BCUT2D eigenvalue weighted by molar-refractivity contribution is 0.263. The smallest absolute Gasteiger partial charge is 0.00430 e. The Balaban J connectivity index is 2.16. The molecular weight excluding hydrogens is 158 g/mol. The molecule has 1 aliphatic rings. The van der Waals surface area contributed by atoms with Gasteiger partial charge >= 0.3 is 0 Å². The minimum Gasteiger partial charge on any atom is -0.330 e. The second-order valence-corrected chi connectivity index (χ2v) is 4.09. The van der Waals surface area contributed by atoms with E-state index in [0.29, 0.717) is 0 Å². The highest BCUT2D eigenvalue weighted by Gasteiger charge is 2.30. The maximum absolute atomic E-state index is 5.70. The van der Waals surface area contributed by atoms with Crippen molar-refractivity contribution >= 4 is 0 Å². The third kappa shape index (κ3) is 1.61. The zero-order chi connectivity index (χ0) is 9.26. The van der Waals surface area contributed by atoms with Gasteiger partial charge in [0.15, 0.2) is 0 Å². The number of nitrogens with two attached hydrogens (primary N) is 1. The van der Waals surface area contributed by atoms with Gasteiger partial charge in [-0.25, -0.2) is 0 Å². The molecule has 2 unspecified atom stereocenters. The molecule has 0 bridgehead atoms. The second-order valence-electron chi connectivity index (χ2n) is 4.09. The topological polar surface area (TPSA) is 26.0 Å². The lowest BCUT2D eigenvalue weighted by Crippen LogP contribution is -2.30. The van der Waals surface area contributed by atoms with Crippen LogP contribution in [0.1, 0.15) is 29.9 Å². The van der Waals surface area contributed by atoms with E-state index in [9.17, 15) is 0 Å². The summed E-state index contributed by atoms with van der Waals surface area (Å²) >= 11 is 0. The van der Waals surface area contributed by atoms with Gasteiger partial charge in [0, 0.05) is 0 Å². The van der Waals surface area contributed by atoms with Gasteiger partial charge in [0.25, 0.3) is 0 Å². The monoisotopic (exact) mass is 175 g/mol. The molecule has 0 aliphatic heterocycles. The van der Waals surface area contributed by atoms with Crippen LogP contribution in [-0.2, 0) is 0 Å². The molecule has 0 radical (unpaired) electrons. The van der Waals surface area contributed by atoms with Gasteiger partial charge in [-0.15, -0.1) is 0 Å². The van der Waals surface area contributed by atoms with Crippen LogP contribution in [0.4, 0.5) is 0 Å². The van der Waals surface area contributed by atoms with Crippen LogP contribution >= 0.6 is 0 Å². The number of hydrogen-bond donors (Lipinski definition) is 1. The van der Waals surface area contributed by atoms with E-state index in [1.54, 1.807) is 0 Å². The fourth-order valence-electron chi connectivity index (χ4n) is 2.19. The van der Waals surface area contributed by atoms with Crippen LogP contribution < -0.4 is 5.73 Å². The molecule has 1 aliphatic carbocycles. The van der Waals surface area contributed by atoms with E-state index < -0.39 is 0 Å². The van der Waals surface area contributed by atoms with E-state index in [2.05, 4.69) is 31.2 Å². The maximum Gasteiger partial charge on any atom is -0.00430 e. The van der Waals surface area contributed by atoms with E-state index in [-0.39, 0.29) is 0 Å². The molecular formula is C12H17N. The van der Waals surface area contributed by atoms with Gasteiger partial charge in [-0.3, -0.25) is 0 Å². The Labute approximate surface area is 80.0 Å². The molecule has 2 rings (SSSR count). The number of aryl methyl sites for hydroxylation is 1. The van der Waals surface area contributed by atoms with Gasteiger partial charge in [-0.1, -0.05) is 29.8 Å². The third-order valence-corrected chi connectivity index (χ3v) is 3.19. The minimum absolute atomic E-state index is 0.738. The van der Waals surface area contributed by atoms with Crippen molar-refractivity contribution in [3.05, 3.63) is 35.4 Å². The predicted molar refractivity (Wildman–Crippen MR) is 55.7 cm³/mol. The third-order valence-electron chi connectivity index (χ3n) is 3.19. The normalized spacial score (nSPS) is 26.9. The predicted octanol–water partition coefficient (Wildman–Crippen LogP) is 2.45. The highest BCUT2D eigenvalue weighted by Crippen LogP contribution is 2.41. The van der Waals surface area contributed by atoms with Crippen LogP contribution in [0.5, 0.6) is 0 Å². The molecule has 13 heavy (non-hydrogen) atoms. The molecule has 0 aromatic heterocycles. The van der Waals surface area contributed by atoms with Crippen molar-refractivity contribution in [2.45, 2.75) is 25.7 Å². The highest BCUT2D eigenvalue weighted by molar-refractivity contribution is 5.27. The molecule has 1 heteroatoms. The molecule has 1 aromatic rings. The Kier molecular flexibility index (Phi) is 2.36. The molecule has 70 valence electrons. The van der Waals surface area contributed by atoms with Crippen molar-refractivity contribution in [3.8, 4) is 0 Å². The molecule has 1 fully saturated rings. The summed E-state index contributed by atoms with van der Waals surface area (Å²) in [5, 5.41) is 0. The summed E-state index contributed by atoms with van der Waals surface area (Å²) in [6.45, 7) is 3.00. The molecule has 2 N–H and O–H groups in total. The SMILES string of the molecule is Cc1cccc(C2CCC2CN)c1. The van der Waals surface area contributed by atoms with Gasteiger partial charge < -0.3 is 5.73 Å². The fraction of sp³-hybridized carbons (Fsp3) is 0.500. The molecule has 0 saturated heterocycles. The van der Waals surface area contributed by atoms with E-state index in [1.807, 2.05) is 0 Å². The first-order valence-electron chi connectivity index (χ1n) is 5.08. The first-order chi connectivity index (χ1) is 6.31. The average molecular weight is 175 g/mol. The van der Waals surface area contributed by atoms with Crippen molar-refractivity contribution in [2.24, 2.45) is 11.7 Å². The first-order valence-corrected chi connectivity index (χ1v) is 5.08. The van der Waals surface area contributed by atoms with Crippen LogP contribution in [0.25, 0.3) is 0 Å². The van der Waals surface area contributed by atoms with Crippen LogP contribution in [0, 0.1) is 12.8 Å². The lowest BCUT2D eigenvalue weighted by atomic mass is 9.70. The summed E-state index contributed by atoms with van der Waals surface area (Å²) in [4.78, 5) is 0. The molecule has 0 spiro atoms. The lowest BCUT2D eigenvalue weighted by Gasteiger charge is -2.36. The quantitative estimate of drug-likeness (QED) is 0.734. The molecule has 1 aromatic carbocycles. The van der Waals surface area contributed by atoms with Gasteiger partial charge in [-0.05, 0) is 43.7 Å². The van der Waals surface area contributed by atoms with Gasteiger partial charge in [0.1, 0.15) is 0 Å². The van der Waals surface area contributed by atoms with Gasteiger partial charge in [0.05, 0.1) is 0 Å². The van der Waals surface area contributed by atoms with Crippen LogP contribution in [0.15, 0.2) is 24.3 Å². The molecule has 0 amide bonds. The van der Waals surface area contributed by atoms with Crippen LogP contribution in [0.3, 0.4) is 0 Å². The zero-order valence-corrected chi connectivity index (χ0v) is 8.16. The Bertz CT molecular complexity index is 291. The highest BCUT2D eigenvalue weighted by atomic mass is 14.6. The van der Waals surface area contributed by atoms with Gasteiger partial charge in [-0.2, -0.15) is 0 Å². The number of benzene rings is 1. The summed E-state index contributed by atoms with van der Waals surface area (Å²) in [6, 6.07) is 8.84. The molecule has 0 heterocycles. The number of hydrogen-bond acceptors (Lipinski definition) is 1. The standard InChI is InChI=1S/C12H17N/c1-9-3-2-4-10(7-9)12-6-5-11(12)8-13/h2-4,7,11-12H,5-6,8,13H2,1H3. The van der Waals surface area contributed by atoms with E-state index in [4.69, 9.17) is 5.73 Å². The molecule has 1 nitrogen and oxygen atoms in total. The zero-order valence-electron chi connectivity index (χ0n) is 8.16. The number of rotatable bonds is 2. The minimum atomic E-state index is 0.738. The second kappa shape index (κ2) is 3.51. The Hall–Kier alpha value is -0.820. The van der Waals surface area contributed by atoms with Crippen molar-refractivity contribution < 1.29 is 0 Å². The van der Waals surface area contributed by atoms with Crippen molar-refractivity contribution in [2.75, 3.05) is 6.54 Å². The molecule has 2 atom stereocenters.